The SMILES string of the molecule is Cn1c(-c2ccc(OC3CCCC3)cc2)n[nH]c1=S. The maximum absolute atomic E-state index is 5.95. The summed E-state index contributed by atoms with van der Waals surface area (Å²) in [6, 6.07) is 8.06. The molecule has 0 saturated heterocycles. The molecule has 1 fully saturated rings. The number of aromatic amines is 1. The van der Waals surface area contributed by atoms with Gasteiger partial charge in [-0.05, 0) is 62.2 Å². The Kier molecular flexibility index (Phi) is 3.38. The fourth-order valence-electron chi connectivity index (χ4n) is 2.49. The number of H-pyrrole nitrogens is 1. The van der Waals surface area contributed by atoms with Crippen molar-refractivity contribution in [1.82, 2.24) is 14.8 Å². The molecule has 1 saturated carbocycles. The van der Waals surface area contributed by atoms with Crippen LogP contribution in [0.25, 0.3) is 11.4 Å². The van der Waals surface area contributed by atoms with Gasteiger partial charge >= 0.3 is 0 Å². The normalized spacial score (nSPS) is 15.8. The first kappa shape index (κ1) is 12.4. The largest absolute Gasteiger partial charge is 0.490 e. The topological polar surface area (TPSA) is 42.8 Å². The van der Waals surface area contributed by atoms with Crippen LogP contribution in [0.15, 0.2) is 24.3 Å². The highest BCUT2D eigenvalue weighted by Crippen LogP contribution is 2.26. The highest BCUT2D eigenvalue weighted by atomic mass is 32.1. The zero-order valence-electron chi connectivity index (χ0n) is 10.9. The van der Waals surface area contributed by atoms with Crippen molar-refractivity contribution in [2.45, 2.75) is 31.8 Å². The molecule has 1 aliphatic rings. The minimum Gasteiger partial charge on any atom is -0.490 e. The van der Waals surface area contributed by atoms with Gasteiger partial charge in [0.05, 0.1) is 6.10 Å². The number of rotatable bonds is 3. The van der Waals surface area contributed by atoms with E-state index in [9.17, 15) is 0 Å². The molecule has 0 radical (unpaired) electrons. The minimum absolute atomic E-state index is 0.395. The van der Waals surface area contributed by atoms with Crippen LogP contribution in [0.4, 0.5) is 0 Å². The number of nitrogens with one attached hydrogen (secondary N) is 1. The Bertz CT molecular complexity index is 608. The van der Waals surface area contributed by atoms with Crippen molar-refractivity contribution in [2.24, 2.45) is 7.05 Å². The first-order valence-corrected chi connectivity index (χ1v) is 7.03. The Labute approximate surface area is 117 Å². The summed E-state index contributed by atoms with van der Waals surface area (Å²) in [7, 11) is 1.91. The van der Waals surface area contributed by atoms with Gasteiger partial charge in [-0.1, -0.05) is 0 Å². The third-order valence-corrected chi connectivity index (χ3v) is 3.96. The van der Waals surface area contributed by atoms with Gasteiger partial charge in [-0.3, -0.25) is 5.10 Å². The van der Waals surface area contributed by atoms with Gasteiger partial charge in [0.25, 0.3) is 0 Å². The molecule has 0 spiro atoms. The monoisotopic (exact) mass is 275 g/mol. The molecule has 0 bridgehead atoms. The summed E-state index contributed by atoms with van der Waals surface area (Å²) in [6.07, 6.45) is 5.32. The summed E-state index contributed by atoms with van der Waals surface area (Å²) < 4.78 is 8.44. The van der Waals surface area contributed by atoms with Gasteiger partial charge < -0.3 is 9.30 Å². The van der Waals surface area contributed by atoms with E-state index < -0.39 is 0 Å². The lowest BCUT2D eigenvalue weighted by atomic mass is 10.2. The molecule has 0 aliphatic heterocycles. The lowest BCUT2D eigenvalue weighted by molar-refractivity contribution is 0.210. The van der Waals surface area contributed by atoms with Gasteiger partial charge in [-0.2, -0.15) is 5.10 Å². The first-order chi connectivity index (χ1) is 9.24. The lowest BCUT2D eigenvalue weighted by Crippen LogP contribution is -2.10. The van der Waals surface area contributed by atoms with E-state index in [1.165, 1.54) is 25.7 Å². The van der Waals surface area contributed by atoms with E-state index in [1.807, 2.05) is 35.9 Å². The summed E-state index contributed by atoms with van der Waals surface area (Å²) in [5, 5.41) is 7.02. The molecule has 19 heavy (non-hydrogen) atoms. The average Bonchev–Trinajstić information content (AvgIpc) is 3.03. The molecule has 4 nitrogen and oxygen atoms in total. The van der Waals surface area contributed by atoms with Crippen LogP contribution >= 0.6 is 12.2 Å². The molecule has 1 heterocycles. The summed E-state index contributed by atoms with van der Waals surface area (Å²) >= 11 is 5.12. The van der Waals surface area contributed by atoms with Crippen molar-refractivity contribution in [3.63, 3.8) is 0 Å². The Balaban J connectivity index is 1.78. The zero-order chi connectivity index (χ0) is 13.2. The molecular weight excluding hydrogens is 258 g/mol. The number of hydrogen-bond donors (Lipinski definition) is 1. The third-order valence-electron chi connectivity index (χ3n) is 3.60. The summed E-state index contributed by atoms with van der Waals surface area (Å²) in [4.78, 5) is 0. The van der Waals surface area contributed by atoms with Crippen LogP contribution in [0.2, 0.25) is 0 Å². The van der Waals surface area contributed by atoms with Crippen LogP contribution in [-0.4, -0.2) is 20.9 Å². The van der Waals surface area contributed by atoms with Crippen LogP contribution in [0.3, 0.4) is 0 Å². The molecule has 5 heteroatoms. The zero-order valence-corrected chi connectivity index (χ0v) is 11.7. The minimum atomic E-state index is 0.395. The van der Waals surface area contributed by atoms with Gasteiger partial charge in [-0.25, -0.2) is 0 Å². The highest BCUT2D eigenvalue weighted by Gasteiger charge is 2.16. The van der Waals surface area contributed by atoms with E-state index in [2.05, 4.69) is 10.2 Å². The second-order valence-electron chi connectivity index (χ2n) is 4.96. The molecule has 100 valence electrons. The number of ether oxygens (including phenoxy) is 1. The van der Waals surface area contributed by atoms with Gasteiger partial charge in [0.2, 0.25) is 0 Å². The number of nitrogens with zero attached hydrogens (tertiary/aromatic N) is 2. The third kappa shape index (κ3) is 2.56. The van der Waals surface area contributed by atoms with Crippen LogP contribution in [0.1, 0.15) is 25.7 Å². The number of benzene rings is 1. The predicted molar refractivity (Wildman–Crippen MR) is 76.7 cm³/mol. The van der Waals surface area contributed by atoms with Crippen molar-refractivity contribution in [2.75, 3.05) is 0 Å². The Morgan fingerprint density at radius 2 is 1.95 bits per heavy atom. The van der Waals surface area contributed by atoms with Crippen molar-refractivity contribution in [1.29, 1.82) is 0 Å². The Morgan fingerprint density at radius 3 is 2.53 bits per heavy atom. The van der Waals surface area contributed by atoms with Gasteiger partial charge in [0.15, 0.2) is 10.6 Å². The fraction of sp³-hybridized carbons (Fsp3) is 0.429. The second kappa shape index (κ2) is 5.17. The summed E-state index contributed by atoms with van der Waals surface area (Å²) in [5.74, 6) is 1.78. The molecule has 3 rings (SSSR count). The van der Waals surface area contributed by atoms with Crippen molar-refractivity contribution >= 4 is 12.2 Å². The van der Waals surface area contributed by atoms with Crippen LogP contribution in [0, 0.1) is 4.77 Å². The Morgan fingerprint density at radius 1 is 1.26 bits per heavy atom. The van der Waals surface area contributed by atoms with Crippen molar-refractivity contribution < 1.29 is 4.74 Å². The molecule has 1 aromatic heterocycles. The standard InChI is InChI=1S/C14H17N3OS/c1-17-13(15-16-14(17)19)10-6-8-12(9-7-10)18-11-4-2-3-5-11/h6-9,11H,2-5H2,1H3,(H,16,19). The maximum atomic E-state index is 5.95. The van der Waals surface area contributed by atoms with Crippen LogP contribution in [-0.2, 0) is 7.05 Å². The van der Waals surface area contributed by atoms with Crippen LogP contribution in [0.5, 0.6) is 5.75 Å². The van der Waals surface area contributed by atoms with E-state index in [1.54, 1.807) is 0 Å². The predicted octanol–water partition coefficient (Wildman–Crippen LogP) is 3.47. The molecule has 1 N–H and O–H groups in total. The number of hydrogen-bond acceptors (Lipinski definition) is 3. The first-order valence-electron chi connectivity index (χ1n) is 6.62. The van der Waals surface area contributed by atoms with Crippen LogP contribution < -0.4 is 4.74 Å². The van der Waals surface area contributed by atoms with Gasteiger partial charge in [0, 0.05) is 12.6 Å². The van der Waals surface area contributed by atoms with E-state index in [4.69, 9.17) is 17.0 Å². The van der Waals surface area contributed by atoms with E-state index in [0.29, 0.717) is 10.9 Å². The fourth-order valence-corrected chi connectivity index (χ4v) is 2.62. The van der Waals surface area contributed by atoms with Gasteiger partial charge in [0.1, 0.15) is 5.75 Å². The van der Waals surface area contributed by atoms with E-state index in [-0.39, 0.29) is 0 Å². The maximum Gasteiger partial charge on any atom is 0.195 e. The van der Waals surface area contributed by atoms with Gasteiger partial charge in [-0.15, -0.1) is 0 Å². The summed E-state index contributed by atoms with van der Waals surface area (Å²) in [5.41, 5.74) is 1.04. The van der Waals surface area contributed by atoms with Crippen molar-refractivity contribution in [3.8, 4) is 17.1 Å². The highest BCUT2D eigenvalue weighted by molar-refractivity contribution is 7.71. The average molecular weight is 275 g/mol. The number of aromatic nitrogens is 3. The molecule has 0 unspecified atom stereocenters. The second-order valence-corrected chi connectivity index (χ2v) is 5.35. The molecular formula is C14H17N3OS. The smallest absolute Gasteiger partial charge is 0.195 e. The molecule has 0 amide bonds. The summed E-state index contributed by atoms with van der Waals surface area (Å²) in [6.45, 7) is 0. The van der Waals surface area contributed by atoms with Crippen molar-refractivity contribution in [3.05, 3.63) is 29.0 Å². The lowest BCUT2D eigenvalue weighted by Gasteiger charge is -2.13. The quantitative estimate of drug-likeness (QED) is 0.872. The molecule has 1 aliphatic carbocycles. The molecule has 1 aromatic carbocycles. The molecule has 0 atom stereocenters. The van der Waals surface area contributed by atoms with E-state index in [0.717, 1.165) is 17.1 Å². The van der Waals surface area contributed by atoms with E-state index >= 15 is 0 Å². The molecule has 2 aromatic rings. The Hall–Kier alpha value is -1.62.